The van der Waals surface area contributed by atoms with E-state index in [9.17, 15) is 0 Å². The van der Waals surface area contributed by atoms with E-state index in [1.165, 1.54) is 17.7 Å². The quantitative estimate of drug-likeness (QED) is 0.531. The van der Waals surface area contributed by atoms with Crippen LogP contribution in [0.25, 0.3) is 0 Å². The Bertz CT molecular complexity index is 542. The van der Waals surface area contributed by atoms with E-state index in [0.717, 1.165) is 37.8 Å². The van der Waals surface area contributed by atoms with Gasteiger partial charge in [0.15, 0.2) is 5.96 Å². The average Bonchev–Trinajstić information content (AvgIpc) is 2.80. The molecule has 0 spiro atoms. The Kier molecular flexibility index (Phi) is 8.97. The second-order valence-corrected chi connectivity index (χ2v) is 7.08. The second kappa shape index (κ2) is 10.4. The molecule has 0 fully saturated rings. The van der Waals surface area contributed by atoms with E-state index in [-0.39, 0.29) is 0 Å². The van der Waals surface area contributed by atoms with Crippen LogP contribution in [0, 0.1) is 19.8 Å². The van der Waals surface area contributed by atoms with Crippen molar-refractivity contribution in [3.63, 3.8) is 0 Å². The van der Waals surface area contributed by atoms with E-state index in [0.29, 0.717) is 12.0 Å². The molecule has 1 aromatic rings. The Labute approximate surface area is 154 Å². The van der Waals surface area contributed by atoms with Crippen molar-refractivity contribution >= 4 is 5.96 Å². The molecule has 1 heterocycles. The molecule has 0 amide bonds. The molecule has 0 bridgehead atoms. The highest BCUT2D eigenvalue weighted by Crippen LogP contribution is 2.12. The van der Waals surface area contributed by atoms with E-state index in [4.69, 9.17) is 0 Å². The summed E-state index contributed by atoms with van der Waals surface area (Å²) in [4.78, 5) is 6.90. The van der Waals surface area contributed by atoms with E-state index in [1.54, 1.807) is 0 Å². The predicted octanol–water partition coefficient (Wildman–Crippen LogP) is 2.46. The van der Waals surface area contributed by atoms with Gasteiger partial charge >= 0.3 is 0 Å². The Morgan fingerprint density at radius 2 is 1.84 bits per heavy atom. The van der Waals surface area contributed by atoms with Crippen molar-refractivity contribution in [1.82, 2.24) is 25.3 Å². The number of rotatable bonds is 9. The average molecular weight is 351 g/mol. The van der Waals surface area contributed by atoms with Crippen molar-refractivity contribution in [1.29, 1.82) is 0 Å². The first-order valence-electron chi connectivity index (χ1n) is 9.51. The molecule has 1 unspecified atom stereocenters. The third kappa shape index (κ3) is 6.34. The molecule has 2 N–H and O–H groups in total. The Morgan fingerprint density at radius 1 is 1.20 bits per heavy atom. The lowest BCUT2D eigenvalue weighted by Crippen LogP contribution is -2.47. The molecule has 1 aromatic heterocycles. The normalized spacial score (nSPS) is 13.6. The smallest absolute Gasteiger partial charge is 0.191 e. The number of likely N-dealkylation sites (N-methyl/N-ethyl adjacent to an activating group) is 1. The lowest BCUT2D eigenvalue weighted by molar-refractivity contribution is 0.191. The minimum Gasteiger partial charge on any atom is -0.355 e. The highest BCUT2D eigenvalue weighted by molar-refractivity contribution is 5.79. The van der Waals surface area contributed by atoms with Crippen LogP contribution in [0.2, 0.25) is 0 Å². The predicted molar refractivity (Wildman–Crippen MR) is 107 cm³/mol. The number of hydrogen-bond acceptors (Lipinski definition) is 3. The van der Waals surface area contributed by atoms with Crippen molar-refractivity contribution in [3.05, 3.63) is 17.0 Å². The number of aryl methyl sites for hydroxylation is 2. The zero-order valence-corrected chi connectivity index (χ0v) is 17.5. The fourth-order valence-corrected chi connectivity index (χ4v) is 3.33. The van der Waals surface area contributed by atoms with E-state index in [2.05, 4.69) is 67.2 Å². The second-order valence-electron chi connectivity index (χ2n) is 7.08. The largest absolute Gasteiger partial charge is 0.355 e. The number of nitrogens with one attached hydrogen (secondary N) is 2. The summed E-state index contributed by atoms with van der Waals surface area (Å²) in [6.07, 6.45) is 1.19. The Morgan fingerprint density at radius 3 is 2.28 bits per heavy atom. The van der Waals surface area contributed by atoms with Crippen molar-refractivity contribution in [2.24, 2.45) is 18.0 Å². The Hall–Kier alpha value is -1.56. The first-order valence-corrected chi connectivity index (χ1v) is 9.51. The third-order valence-electron chi connectivity index (χ3n) is 4.89. The monoisotopic (exact) mass is 350 g/mol. The maximum atomic E-state index is 4.48. The molecule has 0 saturated heterocycles. The van der Waals surface area contributed by atoms with Gasteiger partial charge in [-0.3, -0.25) is 14.6 Å². The van der Waals surface area contributed by atoms with Crippen molar-refractivity contribution < 1.29 is 0 Å². The molecule has 0 aliphatic carbocycles. The van der Waals surface area contributed by atoms with Crippen LogP contribution >= 0.6 is 0 Å². The van der Waals surface area contributed by atoms with Crippen molar-refractivity contribution in [2.75, 3.05) is 26.7 Å². The molecular weight excluding hydrogens is 312 g/mol. The Balaban J connectivity index is 2.64. The first kappa shape index (κ1) is 21.5. The number of hydrogen-bond donors (Lipinski definition) is 2. The van der Waals surface area contributed by atoms with E-state index < -0.39 is 0 Å². The van der Waals surface area contributed by atoms with E-state index in [1.807, 2.05) is 18.8 Å². The highest BCUT2D eigenvalue weighted by atomic mass is 15.3. The highest BCUT2D eigenvalue weighted by Gasteiger charge is 2.18. The molecule has 0 radical (unpaired) electrons. The van der Waals surface area contributed by atoms with Crippen LogP contribution in [0.4, 0.5) is 0 Å². The molecule has 0 aliphatic rings. The topological polar surface area (TPSA) is 57.5 Å². The van der Waals surface area contributed by atoms with Gasteiger partial charge in [0.2, 0.25) is 0 Å². The van der Waals surface area contributed by atoms with Gasteiger partial charge in [-0.25, -0.2) is 0 Å². The van der Waals surface area contributed by atoms with Crippen LogP contribution in [0.5, 0.6) is 0 Å². The maximum Gasteiger partial charge on any atom is 0.191 e. The summed E-state index contributed by atoms with van der Waals surface area (Å²) >= 11 is 0. The summed E-state index contributed by atoms with van der Waals surface area (Å²) in [5, 5.41) is 11.4. The van der Waals surface area contributed by atoms with Gasteiger partial charge in [0.05, 0.1) is 5.69 Å². The number of guanidine groups is 1. The fourth-order valence-electron chi connectivity index (χ4n) is 3.33. The molecule has 0 aromatic carbocycles. The molecular formula is C19H38N6. The summed E-state index contributed by atoms with van der Waals surface area (Å²) in [7, 11) is 3.81. The minimum atomic E-state index is 0.524. The van der Waals surface area contributed by atoms with Gasteiger partial charge in [-0.2, -0.15) is 5.10 Å². The summed E-state index contributed by atoms with van der Waals surface area (Å²) in [5.74, 6) is 1.53. The van der Waals surface area contributed by atoms with Crippen molar-refractivity contribution in [3.8, 4) is 0 Å². The van der Waals surface area contributed by atoms with Crippen LogP contribution < -0.4 is 10.6 Å². The van der Waals surface area contributed by atoms with Gasteiger partial charge in [-0.05, 0) is 39.3 Å². The maximum absolute atomic E-state index is 4.48. The molecule has 1 atom stereocenters. The van der Waals surface area contributed by atoms with Gasteiger partial charge in [-0.15, -0.1) is 0 Å². The number of aromatic nitrogens is 2. The molecule has 6 heteroatoms. The van der Waals surface area contributed by atoms with Crippen LogP contribution in [0.1, 0.15) is 51.1 Å². The summed E-state index contributed by atoms with van der Waals surface area (Å²) in [5.41, 5.74) is 3.51. The number of aliphatic imine (C=N–C) groups is 1. The number of nitrogens with zero attached hydrogens (tertiary/aromatic N) is 4. The van der Waals surface area contributed by atoms with Gasteiger partial charge < -0.3 is 10.6 Å². The molecule has 0 saturated carbocycles. The van der Waals surface area contributed by atoms with E-state index >= 15 is 0 Å². The van der Waals surface area contributed by atoms with Crippen LogP contribution in [-0.4, -0.2) is 53.4 Å². The summed E-state index contributed by atoms with van der Waals surface area (Å²) in [6, 6.07) is 0.524. The molecule has 0 aliphatic heterocycles. The molecule has 144 valence electrons. The molecule has 6 nitrogen and oxygen atoms in total. The third-order valence-corrected chi connectivity index (χ3v) is 4.89. The zero-order chi connectivity index (χ0) is 19.0. The zero-order valence-electron chi connectivity index (χ0n) is 17.5. The first-order chi connectivity index (χ1) is 11.8. The van der Waals surface area contributed by atoms with Gasteiger partial charge in [0, 0.05) is 44.5 Å². The van der Waals surface area contributed by atoms with Crippen LogP contribution in [0.15, 0.2) is 4.99 Å². The summed E-state index contributed by atoms with van der Waals surface area (Å²) in [6.45, 7) is 17.0. The molecule has 1 rings (SSSR count). The van der Waals surface area contributed by atoms with Crippen LogP contribution in [0.3, 0.4) is 0 Å². The SMILES string of the molecule is CCN(CC)C(CNC(=NC)NCc1c(C)nn(C)c1C)CC(C)C. The van der Waals surface area contributed by atoms with Gasteiger partial charge in [0.1, 0.15) is 0 Å². The van der Waals surface area contributed by atoms with Gasteiger partial charge in [0.25, 0.3) is 0 Å². The standard InChI is InChI=1S/C19H38N6/c1-9-25(10-2)17(11-14(3)4)12-21-19(20-7)22-13-18-15(5)23-24(8)16(18)6/h14,17H,9-13H2,1-8H3,(H2,20,21,22). The fraction of sp³-hybridized carbons (Fsp3) is 0.789. The summed E-state index contributed by atoms with van der Waals surface area (Å²) < 4.78 is 1.93. The lowest BCUT2D eigenvalue weighted by atomic mass is 10.0. The molecule has 25 heavy (non-hydrogen) atoms. The lowest BCUT2D eigenvalue weighted by Gasteiger charge is -2.31. The van der Waals surface area contributed by atoms with Crippen LogP contribution in [-0.2, 0) is 13.6 Å². The van der Waals surface area contributed by atoms with Crippen molar-refractivity contribution in [2.45, 2.75) is 60.5 Å². The van der Waals surface area contributed by atoms with Gasteiger partial charge in [-0.1, -0.05) is 27.7 Å². The minimum absolute atomic E-state index is 0.524.